The first-order valence-electron chi connectivity index (χ1n) is 8.76. The number of carboxylic acids is 1. The molecule has 4 heteroatoms. The van der Waals surface area contributed by atoms with E-state index in [0.717, 1.165) is 12.8 Å². The van der Waals surface area contributed by atoms with Crippen LogP contribution in [0.2, 0.25) is 0 Å². The summed E-state index contributed by atoms with van der Waals surface area (Å²) in [5, 5.41) is 11.7. The molecule has 0 bridgehead atoms. The molecule has 1 fully saturated rings. The molecular formula is C19H27NO3. The van der Waals surface area contributed by atoms with Gasteiger partial charge in [0.2, 0.25) is 5.91 Å². The quantitative estimate of drug-likeness (QED) is 0.614. The molecule has 4 nitrogen and oxygen atoms in total. The summed E-state index contributed by atoms with van der Waals surface area (Å²) >= 11 is 0. The number of rotatable bonds is 10. The van der Waals surface area contributed by atoms with Crippen LogP contribution in [0, 0.1) is 11.8 Å². The van der Waals surface area contributed by atoms with Crippen LogP contribution < -0.4 is 5.32 Å². The SMILES string of the molecule is CCCCCCCC[C@@H]1C[C@H]1C(=O)Nc1ccc(C(=O)O)cc1. The lowest BCUT2D eigenvalue weighted by Crippen LogP contribution is -2.14. The van der Waals surface area contributed by atoms with Crippen LogP contribution in [-0.2, 0) is 4.79 Å². The number of carbonyl (C=O) groups is 2. The van der Waals surface area contributed by atoms with Crippen LogP contribution in [0.25, 0.3) is 0 Å². The van der Waals surface area contributed by atoms with Crippen molar-refractivity contribution in [1.29, 1.82) is 0 Å². The molecule has 126 valence electrons. The zero-order valence-corrected chi connectivity index (χ0v) is 13.9. The lowest BCUT2D eigenvalue weighted by atomic mass is 10.1. The molecule has 0 spiro atoms. The van der Waals surface area contributed by atoms with Crippen LogP contribution >= 0.6 is 0 Å². The van der Waals surface area contributed by atoms with Gasteiger partial charge >= 0.3 is 5.97 Å². The Balaban J connectivity index is 1.64. The van der Waals surface area contributed by atoms with Crippen LogP contribution in [0.1, 0.15) is 68.6 Å². The number of amides is 1. The molecule has 1 aliphatic rings. The van der Waals surface area contributed by atoms with E-state index in [-0.39, 0.29) is 17.4 Å². The van der Waals surface area contributed by atoms with Crippen LogP contribution in [0.5, 0.6) is 0 Å². The lowest BCUT2D eigenvalue weighted by Gasteiger charge is -2.05. The van der Waals surface area contributed by atoms with Crippen molar-refractivity contribution in [2.75, 3.05) is 5.32 Å². The number of anilines is 1. The molecule has 23 heavy (non-hydrogen) atoms. The molecule has 2 atom stereocenters. The highest BCUT2D eigenvalue weighted by Gasteiger charge is 2.42. The van der Waals surface area contributed by atoms with E-state index < -0.39 is 5.97 Å². The molecular weight excluding hydrogens is 290 g/mol. The smallest absolute Gasteiger partial charge is 0.335 e. The van der Waals surface area contributed by atoms with Gasteiger partial charge in [0, 0.05) is 11.6 Å². The minimum absolute atomic E-state index is 0.0732. The van der Waals surface area contributed by atoms with Gasteiger partial charge in [0.05, 0.1) is 5.56 Å². The lowest BCUT2D eigenvalue weighted by molar-refractivity contribution is -0.117. The fourth-order valence-electron chi connectivity index (χ4n) is 3.01. The Morgan fingerprint density at radius 2 is 1.74 bits per heavy atom. The van der Waals surface area contributed by atoms with E-state index in [4.69, 9.17) is 5.11 Å². The van der Waals surface area contributed by atoms with Gasteiger partial charge in [-0.2, -0.15) is 0 Å². The largest absolute Gasteiger partial charge is 0.478 e. The number of aromatic carboxylic acids is 1. The monoisotopic (exact) mass is 317 g/mol. The van der Waals surface area contributed by atoms with Crippen molar-refractivity contribution in [2.24, 2.45) is 11.8 Å². The van der Waals surface area contributed by atoms with Gasteiger partial charge in [-0.25, -0.2) is 4.79 Å². The number of carbonyl (C=O) groups excluding carboxylic acids is 1. The van der Waals surface area contributed by atoms with E-state index in [2.05, 4.69) is 12.2 Å². The number of carboxylic acid groups (broad SMARTS) is 1. The zero-order chi connectivity index (χ0) is 16.7. The maximum Gasteiger partial charge on any atom is 0.335 e. The highest BCUT2D eigenvalue weighted by atomic mass is 16.4. The first-order valence-corrected chi connectivity index (χ1v) is 8.76. The van der Waals surface area contributed by atoms with E-state index >= 15 is 0 Å². The van der Waals surface area contributed by atoms with E-state index in [0.29, 0.717) is 11.6 Å². The molecule has 0 aromatic heterocycles. The van der Waals surface area contributed by atoms with E-state index in [1.807, 2.05) is 0 Å². The van der Waals surface area contributed by atoms with Gasteiger partial charge in [-0.15, -0.1) is 0 Å². The summed E-state index contributed by atoms with van der Waals surface area (Å²) in [6.07, 6.45) is 9.90. The molecule has 1 amide bonds. The van der Waals surface area contributed by atoms with E-state index in [1.165, 1.54) is 50.7 Å². The normalized spacial score (nSPS) is 19.3. The number of nitrogens with one attached hydrogen (secondary N) is 1. The predicted molar refractivity (Wildman–Crippen MR) is 91.6 cm³/mol. The molecule has 1 aromatic carbocycles. The van der Waals surface area contributed by atoms with E-state index in [1.54, 1.807) is 12.1 Å². The third-order valence-electron chi connectivity index (χ3n) is 4.59. The van der Waals surface area contributed by atoms with Gasteiger partial charge < -0.3 is 10.4 Å². The summed E-state index contributed by atoms with van der Waals surface area (Å²) in [5.41, 5.74) is 0.903. The molecule has 0 unspecified atom stereocenters. The van der Waals surface area contributed by atoms with Crippen LogP contribution in [0.4, 0.5) is 5.69 Å². The fraction of sp³-hybridized carbons (Fsp3) is 0.579. The summed E-state index contributed by atoms with van der Waals surface area (Å²) < 4.78 is 0. The van der Waals surface area contributed by atoms with Gasteiger partial charge in [0.25, 0.3) is 0 Å². The van der Waals surface area contributed by atoms with Crippen molar-refractivity contribution in [3.05, 3.63) is 29.8 Å². The minimum atomic E-state index is -0.955. The topological polar surface area (TPSA) is 66.4 Å². The molecule has 1 aliphatic carbocycles. The standard InChI is InChI=1S/C19H27NO3/c1-2-3-4-5-6-7-8-15-13-17(15)18(21)20-16-11-9-14(10-12-16)19(22)23/h9-12,15,17H,2-8,13H2,1H3,(H,20,21)(H,22,23)/t15-,17-/m1/s1. The minimum Gasteiger partial charge on any atom is -0.478 e. The Labute approximate surface area is 138 Å². The number of hydrogen-bond donors (Lipinski definition) is 2. The Morgan fingerprint density at radius 3 is 2.39 bits per heavy atom. The van der Waals surface area contributed by atoms with Crippen LogP contribution in [-0.4, -0.2) is 17.0 Å². The first kappa shape index (κ1) is 17.5. The molecule has 0 saturated heterocycles. The highest BCUT2D eigenvalue weighted by molar-refractivity contribution is 5.95. The second kappa shape index (κ2) is 8.70. The molecule has 2 rings (SSSR count). The molecule has 1 saturated carbocycles. The molecule has 2 N–H and O–H groups in total. The Bertz CT molecular complexity index is 524. The van der Waals surface area contributed by atoms with Crippen LogP contribution in [0.3, 0.4) is 0 Å². The van der Waals surface area contributed by atoms with E-state index in [9.17, 15) is 9.59 Å². The maximum absolute atomic E-state index is 12.2. The second-order valence-electron chi connectivity index (χ2n) is 6.53. The fourth-order valence-corrected chi connectivity index (χ4v) is 3.01. The van der Waals surface area contributed by atoms with Gasteiger partial charge in [-0.05, 0) is 43.0 Å². The molecule has 0 radical (unpaired) electrons. The van der Waals surface area contributed by atoms with Crippen molar-refractivity contribution in [3.63, 3.8) is 0 Å². The summed E-state index contributed by atoms with van der Waals surface area (Å²) in [7, 11) is 0. The zero-order valence-electron chi connectivity index (χ0n) is 13.9. The van der Waals surface area contributed by atoms with Gasteiger partial charge in [-0.1, -0.05) is 45.4 Å². The molecule has 1 aromatic rings. The predicted octanol–water partition coefficient (Wildman–Crippen LogP) is 4.71. The first-order chi connectivity index (χ1) is 11.1. The van der Waals surface area contributed by atoms with Crippen molar-refractivity contribution < 1.29 is 14.7 Å². The number of benzene rings is 1. The average molecular weight is 317 g/mol. The Hall–Kier alpha value is -1.84. The van der Waals surface area contributed by atoms with Crippen molar-refractivity contribution >= 4 is 17.6 Å². The third-order valence-corrected chi connectivity index (χ3v) is 4.59. The van der Waals surface area contributed by atoms with Crippen LogP contribution in [0.15, 0.2) is 24.3 Å². The highest BCUT2D eigenvalue weighted by Crippen LogP contribution is 2.43. The Morgan fingerprint density at radius 1 is 1.09 bits per heavy atom. The van der Waals surface area contributed by atoms with Crippen molar-refractivity contribution in [2.45, 2.75) is 58.3 Å². The van der Waals surface area contributed by atoms with Gasteiger partial charge in [-0.3, -0.25) is 4.79 Å². The molecule has 0 aliphatic heterocycles. The maximum atomic E-state index is 12.2. The summed E-state index contributed by atoms with van der Waals surface area (Å²) in [5.74, 6) is -0.197. The van der Waals surface area contributed by atoms with Crippen molar-refractivity contribution in [1.82, 2.24) is 0 Å². The van der Waals surface area contributed by atoms with Crippen molar-refractivity contribution in [3.8, 4) is 0 Å². The van der Waals surface area contributed by atoms with Gasteiger partial charge in [0.15, 0.2) is 0 Å². The number of unbranched alkanes of at least 4 members (excludes halogenated alkanes) is 5. The third kappa shape index (κ3) is 5.70. The average Bonchev–Trinajstić information content (AvgIpc) is 3.31. The number of hydrogen-bond acceptors (Lipinski definition) is 2. The molecule has 0 heterocycles. The summed E-state index contributed by atoms with van der Waals surface area (Å²) in [4.78, 5) is 22.9. The summed E-state index contributed by atoms with van der Waals surface area (Å²) in [6, 6.07) is 6.32. The second-order valence-corrected chi connectivity index (χ2v) is 6.53. The summed E-state index contributed by atoms with van der Waals surface area (Å²) in [6.45, 7) is 2.22. The van der Waals surface area contributed by atoms with Gasteiger partial charge in [0.1, 0.15) is 0 Å². The Kier molecular flexibility index (Phi) is 6.63.